The van der Waals surface area contributed by atoms with Crippen LogP contribution in [-0.2, 0) is 0 Å². The smallest absolute Gasteiger partial charge is 0.254 e. The number of rotatable bonds is 6. The van der Waals surface area contributed by atoms with E-state index >= 15 is 0 Å². The molecule has 0 unspecified atom stereocenters. The van der Waals surface area contributed by atoms with Crippen molar-refractivity contribution < 1.29 is 4.79 Å². The van der Waals surface area contributed by atoms with Gasteiger partial charge in [-0.15, -0.1) is 0 Å². The number of anilines is 2. The van der Waals surface area contributed by atoms with Gasteiger partial charge >= 0.3 is 0 Å². The number of hydrogen-bond acceptors (Lipinski definition) is 5. The Bertz CT molecular complexity index is 826. The van der Waals surface area contributed by atoms with Gasteiger partial charge in [0.05, 0.1) is 5.56 Å². The van der Waals surface area contributed by atoms with Crippen LogP contribution in [0.15, 0.2) is 54.4 Å². The van der Waals surface area contributed by atoms with Crippen LogP contribution in [0.4, 0.5) is 11.6 Å². The molecule has 0 spiro atoms. The van der Waals surface area contributed by atoms with Gasteiger partial charge in [0.2, 0.25) is 5.95 Å². The Morgan fingerprint density at radius 2 is 1.69 bits per heavy atom. The van der Waals surface area contributed by atoms with E-state index in [1.54, 1.807) is 12.4 Å². The highest BCUT2D eigenvalue weighted by atomic mass is 16.1. The molecule has 4 rings (SSSR count). The van der Waals surface area contributed by atoms with Gasteiger partial charge in [0.25, 0.3) is 5.91 Å². The van der Waals surface area contributed by atoms with Crippen LogP contribution in [0.3, 0.4) is 0 Å². The van der Waals surface area contributed by atoms with Crippen molar-refractivity contribution in [3.05, 3.63) is 59.9 Å². The van der Waals surface area contributed by atoms with Crippen LogP contribution < -0.4 is 15.1 Å². The zero-order valence-electron chi connectivity index (χ0n) is 16.9. The minimum atomic E-state index is -0.0955. The van der Waals surface area contributed by atoms with Gasteiger partial charge in [-0.2, -0.15) is 0 Å². The predicted octanol–water partition coefficient (Wildman–Crippen LogP) is 3.42. The van der Waals surface area contributed by atoms with Crippen LogP contribution in [0.5, 0.6) is 0 Å². The number of carbonyl (C=O) groups excluding carboxylic acids is 1. The van der Waals surface area contributed by atoms with Crippen molar-refractivity contribution in [3.8, 4) is 0 Å². The monoisotopic (exact) mass is 391 g/mol. The van der Waals surface area contributed by atoms with Crippen molar-refractivity contribution in [2.45, 2.75) is 32.1 Å². The summed E-state index contributed by atoms with van der Waals surface area (Å²) in [6, 6.07) is 10.5. The number of aromatic nitrogens is 2. The summed E-state index contributed by atoms with van der Waals surface area (Å²) in [4.78, 5) is 25.8. The quantitative estimate of drug-likeness (QED) is 0.765. The summed E-state index contributed by atoms with van der Waals surface area (Å²) in [5.74, 6) is 0.600. The van der Waals surface area contributed by atoms with Crippen LogP contribution in [-0.4, -0.2) is 48.6 Å². The van der Waals surface area contributed by atoms with Gasteiger partial charge in [-0.05, 0) is 44.2 Å². The highest BCUT2D eigenvalue weighted by Crippen LogP contribution is 2.20. The number of hydrogen-bond donors (Lipinski definition) is 1. The van der Waals surface area contributed by atoms with E-state index in [0.29, 0.717) is 18.1 Å². The van der Waals surface area contributed by atoms with Gasteiger partial charge in [-0.25, -0.2) is 9.97 Å². The molecule has 2 aromatic rings. The van der Waals surface area contributed by atoms with Crippen LogP contribution >= 0.6 is 0 Å². The minimum Gasteiger partial charge on any atom is -0.368 e. The Kier molecular flexibility index (Phi) is 6.39. The molecule has 1 aliphatic heterocycles. The first-order valence-corrected chi connectivity index (χ1v) is 10.6. The molecule has 1 aromatic heterocycles. The maximum Gasteiger partial charge on any atom is 0.254 e. The molecule has 1 saturated heterocycles. The van der Waals surface area contributed by atoms with E-state index in [1.165, 1.54) is 36.9 Å². The number of para-hydroxylation sites is 1. The normalized spacial score (nSPS) is 17.0. The summed E-state index contributed by atoms with van der Waals surface area (Å²) in [5.41, 5.74) is 3.25. The second kappa shape index (κ2) is 9.54. The Morgan fingerprint density at radius 3 is 2.38 bits per heavy atom. The molecule has 1 amide bonds. The van der Waals surface area contributed by atoms with Crippen LogP contribution in [0.25, 0.3) is 0 Å². The number of amides is 1. The Morgan fingerprint density at radius 1 is 0.966 bits per heavy atom. The standard InChI is InChI=1S/C23H29N5O/c29-22(24-12-11-19-7-3-1-4-8-19)20-17-25-23(26-18-20)28-15-13-27(14-16-28)21-9-5-2-6-10-21/h2,5-7,9-10,17-18H,1,3-4,8,11-16H2,(H,24,29). The average Bonchev–Trinajstić information content (AvgIpc) is 2.80. The molecular weight excluding hydrogens is 362 g/mol. The summed E-state index contributed by atoms with van der Waals surface area (Å²) in [6.45, 7) is 4.29. The van der Waals surface area contributed by atoms with Gasteiger partial charge in [0, 0.05) is 50.8 Å². The molecule has 2 heterocycles. The van der Waals surface area contributed by atoms with Crippen molar-refractivity contribution in [1.82, 2.24) is 15.3 Å². The highest BCUT2D eigenvalue weighted by molar-refractivity contribution is 5.93. The maximum absolute atomic E-state index is 12.3. The first-order chi connectivity index (χ1) is 14.3. The van der Waals surface area contributed by atoms with Crippen LogP contribution in [0.2, 0.25) is 0 Å². The van der Waals surface area contributed by atoms with Crippen molar-refractivity contribution in [1.29, 1.82) is 0 Å². The van der Waals surface area contributed by atoms with Crippen molar-refractivity contribution in [3.63, 3.8) is 0 Å². The third kappa shape index (κ3) is 5.13. The fourth-order valence-corrected chi connectivity index (χ4v) is 3.98. The fourth-order valence-electron chi connectivity index (χ4n) is 3.98. The van der Waals surface area contributed by atoms with E-state index < -0.39 is 0 Å². The predicted molar refractivity (Wildman–Crippen MR) is 116 cm³/mol. The molecule has 1 aromatic carbocycles. The van der Waals surface area contributed by atoms with E-state index in [-0.39, 0.29) is 5.91 Å². The van der Waals surface area contributed by atoms with Crippen molar-refractivity contribution in [2.75, 3.05) is 42.5 Å². The van der Waals surface area contributed by atoms with Crippen molar-refractivity contribution in [2.24, 2.45) is 0 Å². The van der Waals surface area contributed by atoms with E-state index in [4.69, 9.17) is 0 Å². The van der Waals surface area contributed by atoms with Gasteiger partial charge in [-0.1, -0.05) is 29.8 Å². The molecule has 6 nitrogen and oxygen atoms in total. The molecule has 1 N–H and O–H groups in total. The Balaban J connectivity index is 1.25. The van der Waals surface area contributed by atoms with Crippen LogP contribution in [0.1, 0.15) is 42.5 Å². The van der Waals surface area contributed by atoms with E-state index in [0.717, 1.165) is 32.6 Å². The summed E-state index contributed by atoms with van der Waals surface area (Å²) in [7, 11) is 0. The molecule has 1 aliphatic carbocycles. The summed E-state index contributed by atoms with van der Waals surface area (Å²) >= 11 is 0. The van der Waals surface area contributed by atoms with Gasteiger partial charge in [0.1, 0.15) is 0 Å². The van der Waals surface area contributed by atoms with Gasteiger partial charge < -0.3 is 15.1 Å². The summed E-state index contributed by atoms with van der Waals surface area (Å²) in [5, 5.41) is 2.99. The molecule has 2 aliphatic rings. The number of nitrogens with one attached hydrogen (secondary N) is 1. The van der Waals surface area contributed by atoms with Gasteiger partial charge in [0.15, 0.2) is 0 Å². The number of benzene rings is 1. The molecule has 0 atom stereocenters. The molecule has 0 radical (unpaired) electrons. The average molecular weight is 392 g/mol. The number of piperazine rings is 1. The lowest BCUT2D eigenvalue weighted by atomic mass is 9.97. The first-order valence-electron chi connectivity index (χ1n) is 10.6. The highest BCUT2D eigenvalue weighted by Gasteiger charge is 2.19. The molecular formula is C23H29N5O. The zero-order chi connectivity index (χ0) is 19.9. The second-order valence-corrected chi connectivity index (χ2v) is 7.70. The lowest BCUT2D eigenvalue weighted by Gasteiger charge is -2.36. The molecule has 0 bridgehead atoms. The maximum atomic E-state index is 12.3. The zero-order valence-corrected chi connectivity index (χ0v) is 16.9. The number of nitrogens with zero attached hydrogens (tertiary/aromatic N) is 4. The van der Waals surface area contributed by atoms with E-state index in [2.05, 4.69) is 55.4 Å². The third-order valence-electron chi connectivity index (χ3n) is 5.70. The SMILES string of the molecule is O=C(NCCC1=CCCCC1)c1cnc(N2CCN(c3ccccc3)CC2)nc1. The second-order valence-electron chi connectivity index (χ2n) is 7.70. The number of allylic oxidation sites excluding steroid dienone is 1. The Hall–Kier alpha value is -2.89. The fraction of sp³-hybridized carbons (Fsp3) is 0.435. The molecule has 1 fully saturated rings. The largest absolute Gasteiger partial charge is 0.368 e. The lowest BCUT2D eigenvalue weighted by molar-refractivity contribution is 0.0953. The van der Waals surface area contributed by atoms with Crippen LogP contribution in [0, 0.1) is 0 Å². The summed E-state index contributed by atoms with van der Waals surface area (Å²) in [6.07, 6.45) is 11.5. The summed E-state index contributed by atoms with van der Waals surface area (Å²) < 4.78 is 0. The topological polar surface area (TPSA) is 61.4 Å². The van der Waals surface area contributed by atoms with E-state index in [9.17, 15) is 4.79 Å². The molecule has 0 saturated carbocycles. The Labute approximate surface area is 172 Å². The van der Waals surface area contributed by atoms with Crippen molar-refractivity contribution >= 4 is 17.5 Å². The first kappa shape index (κ1) is 19.4. The molecule has 6 heteroatoms. The molecule has 29 heavy (non-hydrogen) atoms. The van der Waals surface area contributed by atoms with E-state index in [1.807, 2.05) is 6.07 Å². The molecule has 152 valence electrons. The number of carbonyl (C=O) groups is 1. The minimum absolute atomic E-state index is 0.0955. The third-order valence-corrected chi connectivity index (χ3v) is 5.70. The lowest BCUT2D eigenvalue weighted by Crippen LogP contribution is -2.47. The van der Waals surface area contributed by atoms with Gasteiger partial charge in [-0.3, -0.25) is 4.79 Å².